The number of ether oxygens (including phenoxy) is 1. The molecule has 0 atom stereocenters. The lowest BCUT2D eigenvalue weighted by molar-refractivity contribution is 0.238. The Bertz CT molecular complexity index is 1440. The molecule has 1 aliphatic heterocycles. The van der Waals surface area contributed by atoms with Crippen molar-refractivity contribution in [3.8, 4) is 17.0 Å². The summed E-state index contributed by atoms with van der Waals surface area (Å²) in [5.41, 5.74) is 4.69. The monoisotopic (exact) mass is 494 g/mol. The van der Waals surface area contributed by atoms with Crippen LogP contribution in [0, 0.1) is 0 Å². The SMILES string of the molecule is c1cc(NCc2ncc[nH]2)cc(-c2cccc3nc(Nc4ccc(OCCN5CCCC5)cc4)nn23)c1. The van der Waals surface area contributed by atoms with Gasteiger partial charge in [-0.3, -0.25) is 4.90 Å². The Hall–Kier alpha value is -4.37. The van der Waals surface area contributed by atoms with Crippen LogP contribution in [0.4, 0.5) is 17.3 Å². The Morgan fingerprint density at radius 3 is 2.65 bits per heavy atom. The van der Waals surface area contributed by atoms with E-state index in [0.29, 0.717) is 19.1 Å². The first kappa shape index (κ1) is 23.1. The molecule has 0 unspecified atom stereocenters. The van der Waals surface area contributed by atoms with Crippen LogP contribution in [0.1, 0.15) is 18.7 Å². The molecule has 2 aromatic carbocycles. The molecule has 1 aliphatic rings. The molecule has 6 rings (SSSR count). The van der Waals surface area contributed by atoms with Gasteiger partial charge in [-0.2, -0.15) is 4.98 Å². The summed E-state index contributed by atoms with van der Waals surface area (Å²) in [6, 6.07) is 22.2. The minimum absolute atomic E-state index is 0.544. The maximum Gasteiger partial charge on any atom is 0.247 e. The van der Waals surface area contributed by atoms with Gasteiger partial charge < -0.3 is 20.4 Å². The molecule has 9 nitrogen and oxygen atoms in total. The second-order valence-electron chi connectivity index (χ2n) is 9.13. The van der Waals surface area contributed by atoms with Crippen LogP contribution in [0.3, 0.4) is 0 Å². The first-order chi connectivity index (χ1) is 18.3. The van der Waals surface area contributed by atoms with Crippen LogP contribution in [0.25, 0.3) is 16.9 Å². The second-order valence-corrected chi connectivity index (χ2v) is 9.13. The maximum absolute atomic E-state index is 5.92. The number of aromatic amines is 1. The lowest BCUT2D eigenvalue weighted by Crippen LogP contribution is -2.25. The number of likely N-dealkylation sites (tertiary alicyclic amines) is 1. The molecule has 0 radical (unpaired) electrons. The molecule has 0 amide bonds. The predicted octanol–water partition coefficient (Wildman–Crippen LogP) is 4.95. The van der Waals surface area contributed by atoms with E-state index in [1.54, 1.807) is 6.20 Å². The summed E-state index contributed by atoms with van der Waals surface area (Å²) in [6.45, 7) is 4.70. The molecule has 188 valence electrons. The number of aromatic nitrogens is 5. The van der Waals surface area contributed by atoms with E-state index in [4.69, 9.17) is 9.84 Å². The van der Waals surface area contributed by atoms with Gasteiger partial charge in [0.1, 0.15) is 18.2 Å². The van der Waals surface area contributed by atoms with Crippen molar-refractivity contribution in [2.24, 2.45) is 0 Å². The number of fused-ring (bicyclic) bond motifs is 1. The van der Waals surface area contributed by atoms with Crippen LogP contribution in [-0.2, 0) is 6.54 Å². The van der Waals surface area contributed by atoms with Crippen molar-refractivity contribution in [3.05, 3.63) is 84.9 Å². The average Bonchev–Trinajstić information content (AvgIpc) is 3.71. The molecule has 0 saturated carbocycles. The smallest absolute Gasteiger partial charge is 0.247 e. The van der Waals surface area contributed by atoms with E-state index in [1.807, 2.05) is 65.3 Å². The number of hydrogen-bond donors (Lipinski definition) is 3. The minimum atomic E-state index is 0.544. The summed E-state index contributed by atoms with van der Waals surface area (Å²) < 4.78 is 7.78. The highest BCUT2D eigenvalue weighted by Crippen LogP contribution is 2.25. The van der Waals surface area contributed by atoms with Gasteiger partial charge in [-0.15, -0.1) is 5.10 Å². The number of rotatable bonds is 10. The standard InChI is InChI=1S/C28H30N8O/c1-2-16-35(15-1)17-18-37-24-11-9-22(10-12-24)32-28-33-27-8-4-7-25(36(27)34-28)21-5-3-6-23(19-21)31-20-26-29-13-14-30-26/h3-14,19,31H,1-2,15-18,20H2,(H,29,30)(H,32,34). The third-order valence-corrected chi connectivity index (χ3v) is 6.52. The summed E-state index contributed by atoms with van der Waals surface area (Å²) in [5, 5.41) is 11.5. The molecule has 0 aliphatic carbocycles. The van der Waals surface area contributed by atoms with Crippen LogP contribution in [0.5, 0.6) is 5.75 Å². The van der Waals surface area contributed by atoms with Crippen molar-refractivity contribution in [2.75, 3.05) is 36.9 Å². The quantitative estimate of drug-likeness (QED) is 0.253. The Labute approximate surface area is 215 Å². The highest BCUT2D eigenvalue weighted by atomic mass is 16.5. The number of nitrogens with zero attached hydrogens (tertiary/aromatic N) is 5. The summed E-state index contributed by atoms with van der Waals surface area (Å²) in [4.78, 5) is 14.5. The molecule has 3 aromatic heterocycles. The third kappa shape index (κ3) is 5.57. The molecule has 0 bridgehead atoms. The lowest BCUT2D eigenvalue weighted by atomic mass is 10.1. The van der Waals surface area contributed by atoms with Gasteiger partial charge in [0, 0.05) is 35.9 Å². The maximum atomic E-state index is 5.92. The van der Waals surface area contributed by atoms with Gasteiger partial charge in [-0.05, 0) is 74.5 Å². The van der Waals surface area contributed by atoms with Crippen molar-refractivity contribution in [2.45, 2.75) is 19.4 Å². The average molecular weight is 495 g/mol. The van der Waals surface area contributed by atoms with Crippen molar-refractivity contribution in [1.82, 2.24) is 29.5 Å². The Kier molecular flexibility index (Phi) is 6.68. The lowest BCUT2D eigenvalue weighted by Gasteiger charge is -2.15. The van der Waals surface area contributed by atoms with E-state index in [0.717, 1.165) is 46.4 Å². The van der Waals surface area contributed by atoms with Crippen LogP contribution in [-0.4, -0.2) is 55.7 Å². The summed E-state index contributed by atoms with van der Waals surface area (Å²) >= 11 is 0. The fourth-order valence-corrected chi connectivity index (χ4v) is 4.61. The fraction of sp³-hybridized carbons (Fsp3) is 0.250. The summed E-state index contributed by atoms with van der Waals surface area (Å²) in [5.74, 6) is 2.30. The molecular weight excluding hydrogens is 464 g/mol. The molecule has 1 fully saturated rings. The van der Waals surface area contributed by atoms with Crippen LogP contribution >= 0.6 is 0 Å². The number of imidazole rings is 1. The predicted molar refractivity (Wildman–Crippen MR) is 145 cm³/mol. The van der Waals surface area contributed by atoms with Gasteiger partial charge in [0.05, 0.1) is 12.2 Å². The van der Waals surface area contributed by atoms with E-state index >= 15 is 0 Å². The van der Waals surface area contributed by atoms with Crippen LogP contribution < -0.4 is 15.4 Å². The van der Waals surface area contributed by atoms with Crippen molar-refractivity contribution in [3.63, 3.8) is 0 Å². The van der Waals surface area contributed by atoms with E-state index in [2.05, 4.69) is 42.6 Å². The van der Waals surface area contributed by atoms with Crippen molar-refractivity contribution < 1.29 is 4.74 Å². The van der Waals surface area contributed by atoms with Gasteiger partial charge in [-0.25, -0.2) is 9.50 Å². The number of H-pyrrole nitrogens is 1. The van der Waals surface area contributed by atoms with Crippen molar-refractivity contribution >= 4 is 23.0 Å². The highest BCUT2D eigenvalue weighted by molar-refractivity contribution is 5.68. The summed E-state index contributed by atoms with van der Waals surface area (Å²) in [6.07, 6.45) is 6.18. The number of nitrogens with one attached hydrogen (secondary N) is 3. The molecule has 4 heterocycles. The van der Waals surface area contributed by atoms with Gasteiger partial charge in [-0.1, -0.05) is 18.2 Å². The Morgan fingerprint density at radius 1 is 0.946 bits per heavy atom. The Morgan fingerprint density at radius 2 is 1.81 bits per heavy atom. The highest BCUT2D eigenvalue weighted by Gasteiger charge is 2.12. The molecule has 3 N–H and O–H groups in total. The zero-order valence-corrected chi connectivity index (χ0v) is 20.6. The van der Waals surface area contributed by atoms with Gasteiger partial charge in [0.15, 0.2) is 5.65 Å². The zero-order chi connectivity index (χ0) is 24.9. The van der Waals surface area contributed by atoms with E-state index in [1.165, 1.54) is 25.9 Å². The first-order valence-electron chi connectivity index (χ1n) is 12.7. The van der Waals surface area contributed by atoms with E-state index in [-0.39, 0.29) is 0 Å². The minimum Gasteiger partial charge on any atom is -0.492 e. The van der Waals surface area contributed by atoms with E-state index in [9.17, 15) is 0 Å². The fourth-order valence-electron chi connectivity index (χ4n) is 4.61. The number of hydrogen-bond acceptors (Lipinski definition) is 7. The topological polar surface area (TPSA) is 95.4 Å². The Balaban J connectivity index is 1.13. The largest absolute Gasteiger partial charge is 0.492 e. The van der Waals surface area contributed by atoms with Crippen molar-refractivity contribution in [1.29, 1.82) is 0 Å². The molecule has 9 heteroatoms. The summed E-state index contributed by atoms with van der Waals surface area (Å²) in [7, 11) is 0. The number of benzene rings is 2. The zero-order valence-electron chi connectivity index (χ0n) is 20.6. The normalized spacial score (nSPS) is 13.7. The first-order valence-corrected chi connectivity index (χ1v) is 12.7. The van der Waals surface area contributed by atoms with Crippen LogP contribution in [0.2, 0.25) is 0 Å². The second kappa shape index (κ2) is 10.7. The molecule has 5 aromatic rings. The third-order valence-electron chi connectivity index (χ3n) is 6.52. The molecule has 37 heavy (non-hydrogen) atoms. The molecule has 1 saturated heterocycles. The van der Waals surface area contributed by atoms with Gasteiger partial charge >= 0.3 is 0 Å². The van der Waals surface area contributed by atoms with Gasteiger partial charge in [0.2, 0.25) is 5.95 Å². The molecular formula is C28H30N8O. The van der Waals surface area contributed by atoms with Gasteiger partial charge in [0.25, 0.3) is 0 Å². The van der Waals surface area contributed by atoms with E-state index < -0.39 is 0 Å². The number of pyridine rings is 1. The molecule has 0 spiro atoms. The number of anilines is 3. The van der Waals surface area contributed by atoms with Crippen LogP contribution in [0.15, 0.2) is 79.1 Å².